The van der Waals surface area contributed by atoms with Gasteiger partial charge >= 0.3 is 0 Å². The third-order valence-electron chi connectivity index (χ3n) is 6.38. The van der Waals surface area contributed by atoms with E-state index in [4.69, 9.17) is 0 Å². The van der Waals surface area contributed by atoms with Crippen molar-refractivity contribution < 1.29 is 14.0 Å². The van der Waals surface area contributed by atoms with E-state index < -0.39 is 6.04 Å². The SMILES string of the molecule is O=C1NCCN(Cc2ccccc2F)C1CC(=O)N1CCc2[nH]c3ccccc3c2C1. The van der Waals surface area contributed by atoms with E-state index in [9.17, 15) is 14.0 Å². The minimum Gasteiger partial charge on any atom is -0.358 e. The lowest BCUT2D eigenvalue weighted by Crippen LogP contribution is -2.56. The predicted octanol–water partition coefficient (Wildman–Crippen LogP) is 2.58. The summed E-state index contributed by atoms with van der Waals surface area (Å²) in [5, 5.41) is 4.00. The number of piperazine rings is 1. The van der Waals surface area contributed by atoms with Crippen LogP contribution in [0.5, 0.6) is 0 Å². The van der Waals surface area contributed by atoms with Crippen LogP contribution in [0.2, 0.25) is 0 Å². The Kier molecular flexibility index (Phi) is 5.19. The fourth-order valence-electron chi connectivity index (χ4n) is 4.69. The summed E-state index contributed by atoms with van der Waals surface area (Å²) < 4.78 is 14.2. The topological polar surface area (TPSA) is 68.4 Å². The molecule has 0 aliphatic carbocycles. The summed E-state index contributed by atoms with van der Waals surface area (Å²) in [5.74, 6) is -0.501. The van der Waals surface area contributed by atoms with Crippen LogP contribution in [0.3, 0.4) is 0 Å². The molecule has 1 atom stereocenters. The van der Waals surface area contributed by atoms with Crippen LogP contribution in [0.15, 0.2) is 48.5 Å². The highest BCUT2D eigenvalue weighted by Gasteiger charge is 2.34. The van der Waals surface area contributed by atoms with Crippen LogP contribution in [0.25, 0.3) is 10.9 Å². The van der Waals surface area contributed by atoms with Crippen LogP contribution in [0, 0.1) is 5.82 Å². The van der Waals surface area contributed by atoms with Gasteiger partial charge in [0.2, 0.25) is 11.8 Å². The first kappa shape index (κ1) is 19.8. The van der Waals surface area contributed by atoms with Crippen LogP contribution in [0.1, 0.15) is 23.2 Å². The normalized spacial score (nSPS) is 19.3. The number of carbonyl (C=O) groups excluding carboxylic acids is 2. The van der Waals surface area contributed by atoms with Crippen molar-refractivity contribution in [3.8, 4) is 0 Å². The highest BCUT2D eigenvalue weighted by molar-refractivity contribution is 5.90. The summed E-state index contributed by atoms with van der Waals surface area (Å²) in [5.41, 5.74) is 3.97. The van der Waals surface area contributed by atoms with Gasteiger partial charge in [0.25, 0.3) is 0 Å². The van der Waals surface area contributed by atoms with Crippen molar-refractivity contribution in [3.05, 3.63) is 71.2 Å². The van der Waals surface area contributed by atoms with Gasteiger partial charge in [0.05, 0.1) is 12.5 Å². The Labute approximate surface area is 180 Å². The molecule has 1 saturated heterocycles. The van der Waals surface area contributed by atoms with Gasteiger partial charge in [-0.1, -0.05) is 36.4 Å². The van der Waals surface area contributed by atoms with E-state index in [0.29, 0.717) is 38.3 Å². The Hall–Kier alpha value is -3.19. The van der Waals surface area contributed by atoms with E-state index in [0.717, 1.165) is 22.9 Å². The van der Waals surface area contributed by atoms with E-state index >= 15 is 0 Å². The van der Waals surface area contributed by atoms with Crippen molar-refractivity contribution >= 4 is 22.7 Å². The van der Waals surface area contributed by atoms with Gasteiger partial charge in [-0.2, -0.15) is 0 Å². The van der Waals surface area contributed by atoms with Crippen molar-refractivity contribution in [1.29, 1.82) is 0 Å². The second kappa shape index (κ2) is 8.15. The molecule has 31 heavy (non-hydrogen) atoms. The van der Waals surface area contributed by atoms with Gasteiger partial charge in [-0.15, -0.1) is 0 Å². The molecule has 7 heteroatoms. The van der Waals surface area contributed by atoms with Crippen LogP contribution in [0.4, 0.5) is 4.39 Å². The van der Waals surface area contributed by atoms with E-state index in [1.54, 1.807) is 18.2 Å². The zero-order valence-electron chi connectivity index (χ0n) is 17.2. The number of benzene rings is 2. The molecule has 0 saturated carbocycles. The van der Waals surface area contributed by atoms with Gasteiger partial charge in [0, 0.05) is 66.9 Å². The number of carbonyl (C=O) groups is 2. The van der Waals surface area contributed by atoms with Gasteiger partial charge in [-0.25, -0.2) is 4.39 Å². The second-order valence-corrected chi connectivity index (χ2v) is 8.27. The molecule has 2 aromatic carbocycles. The highest BCUT2D eigenvalue weighted by Crippen LogP contribution is 2.28. The number of halogens is 1. The van der Waals surface area contributed by atoms with Crippen LogP contribution in [-0.2, 0) is 29.1 Å². The molecule has 3 heterocycles. The molecule has 5 rings (SSSR count). The number of amides is 2. The Bertz CT molecular complexity index is 1140. The van der Waals surface area contributed by atoms with Crippen molar-refractivity contribution in [1.82, 2.24) is 20.1 Å². The zero-order chi connectivity index (χ0) is 21.4. The van der Waals surface area contributed by atoms with Crippen molar-refractivity contribution in [2.24, 2.45) is 0 Å². The summed E-state index contributed by atoms with van der Waals surface area (Å²) in [6.45, 7) is 2.57. The van der Waals surface area contributed by atoms with E-state index in [-0.39, 0.29) is 24.1 Å². The summed E-state index contributed by atoms with van der Waals surface area (Å²) in [6, 6.07) is 14.1. The van der Waals surface area contributed by atoms with Crippen LogP contribution in [-0.4, -0.2) is 52.3 Å². The third-order valence-corrected chi connectivity index (χ3v) is 6.38. The van der Waals surface area contributed by atoms with Crippen molar-refractivity contribution in [2.75, 3.05) is 19.6 Å². The smallest absolute Gasteiger partial charge is 0.237 e. The first-order valence-corrected chi connectivity index (χ1v) is 10.7. The number of aromatic nitrogens is 1. The maximum atomic E-state index is 14.2. The van der Waals surface area contributed by atoms with E-state index in [1.165, 1.54) is 11.8 Å². The molecule has 0 spiro atoms. The van der Waals surface area contributed by atoms with Gasteiger partial charge in [-0.05, 0) is 12.1 Å². The minimum absolute atomic E-state index is 0.0449. The summed E-state index contributed by atoms with van der Waals surface area (Å²) >= 11 is 0. The number of rotatable bonds is 4. The van der Waals surface area contributed by atoms with Gasteiger partial charge < -0.3 is 15.2 Å². The lowest BCUT2D eigenvalue weighted by Gasteiger charge is -2.36. The molecule has 6 nitrogen and oxygen atoms in total. The molecule has 2 aliphatic heterocycles. The fourth-order valence-corrected chi connectivity index (χ4v) is 4.69. The summed E-state index contributed by atoms with van der Waals surface area (Å²) in [4.78, 5) is 33.0. The predicted molar refractivity (Wildman–Crippen MR) is 116 cm³/mol. The Balaban J connectivity index is 1.32. The maximum absolute atomic E-state index is 14.2. The highest BCUT2D eigenvalue weighted by atomic mass is 19.1. The van der Waals surface area contributed by atoms with Crippen LogP contribution < -0.4 is 5.32 Å². The number of para-hydroxylation sites is 1. The van der Waals surface area contributed by atoms with Gasteiger partial charge in [-0.3, -0.25) is 14.5 Å². The zero-order valence-corrected chi connectivity index (χ0v) is 17.2. The minimum atomic E-state index is -0.592. The number of hydrogen-bond donors (Lipinski definition) is 2. The summed E-state index contributed by atoms with van der Waals surface area (Å²) in [7, 11) is 0. The molecule has 0 radical (unpaired) electrons. The molecule has 0 bridgehead atoms. The maximum Gasteiger partial charge on any atom is 0.237 e. The van der Waals surface area contributed by atoms with Crippen molar-refractivity contribution in [2.45, 2.75) is 32.0 Å². The fraction of sp³-hybridized carbons (Fsp3) is 0.333. The first-order chi connectivity index (χ1) is 15.1. The molecule has 1 aromatic heterocycles. The number of H-pyrrole nitrogens is 1. The number of nitrogens with one attached hydrogen (secondary N) is 2. The molecule has 2 N–H and O–H groups in total. The molecule has 1 unspecified atom stereocenters. The standard InChI is InChI=1S/C24H25FN4O2/c25-19-7-3-1-5-16(19)14-28-12-10-26-24(31)22(28)13-23(30)29-11-9-21-18(15-29)17-6-2-4-8-20(17)27-21/h1-8,22,27H,9-15H2,(H,26,31). The number of hydrogen-bond acceptors (Lipinski definition) is 3. The van der Waals surface area contributed by atoms with Gasteiger partial charge in [0.1, 0.15) is 5.82 Å². The molecular weight excluding hydrogens is 395 g/mol. The first-order valence-electron chi connectivity index (χ1n) is 10.7. The van der Waals surface area contributed by atoms with Crippen LogP contribution >= 0.6 is 0 Å². The molecule has 3 aromatic rings. The average molecular weight is 420 g/mol. The van der Waals surface area contributed by atoms with E-state index in [1.807, 2.05) is 28.0 Å². The van der Waals surface area contributed by atoms with Gasteiger partial charge in [0.15, 0.2) is 0 Å². The molecule has 160 valence electrons. The number of fused-ring (bicyclic) bond motifs is 3. The largest absolute Gasteiger partial charge is 0.358 e. The summed E-state index contributed by atoms with van der Waals surface area (Å²) in [6.07, 6.45) is 0.865. The molecule has 2 aliphatic rings. The quantitative estimate of drug-likeness (QED) is 0.682. The Morgan fingerprint density at radius 2 is 1.90 bits per heavy atom. The number of nitrogens with zero attached hydrogens (tertiary/aromatic N) is 2. The monoisotopic (exact) mass is 420 g/mol. The van der Waals surface area contributed by atoms with Crippen molar-refractivity contribution in [3.63, 3.8) is 0 Å². The lowest BCUT2D eigenvalue weighted by atomic mass is 10.0. The Morgan fingerprint density at radius 1 is 1.10 bits per heavy atom. The molecular formula is C24H25FN4O2. The third kappa shape index (κ3) is 3.81. The molecule has 2 amide bonds. The molecule has 1 fully saturated rings. The van der Waals surface area contributed by atoms with E-state index in [2.05, 4.69) is 16.4 Å². The Morgan fingerprint density at radius 3 is 2.77 bits per heavy atom. The average Bonchev–Trinajstić information content (AvgIpc) is 3.15. The second-order valence-electron chi connectivity index (χ2n) is 8.27. The lowest BCUT2D eigenvalue weighted by molar-refractivity contribution is -0.139. The number of aromatic amines is 1.